The van der Waals surface area contributed by atoms with Crippen molar-refractivity contribution in [2.75, 3.05) is 10.3 Å². The summed E-state index contributed by atoms with van der Waals surface area (Å²) < 4.78 is 0. The molecular weight excluding hydrogens is 410 g/mol. The Morgan fingerprint density at radius 1 is 1.14 bits per heavy atom. The van der Waals surface area contributed by atoms with Crippen molar-refractivity contribution in [3.8, 4) is 11.3 Å². The average molecular weight is 426 g/mol. The number of hydrogen-bond acceptors (Lipinski definition) is 6. The highest BCUT2D eigenvalue weighted by Crippen LogP contribution is 2.30. The Hall–Kier alpha value is -3.23. The predicted molar refractivity (Wildman–Crippen MR) is 115 cm³/mol. The number of benzene rings is 2. The van der Waals surface area contributed by atoms with Crippen LogP contribution in [-0.2, 0) is 9.59 Å². The highest BCUT2D eigenvalue weighted by atomic mass is 35.5. The number of carbonyl (C=O) groups is 2. The van der Waals surface area contributed by atoms with Gasteiger partial charge in [-0.1, -0.05) is 48.0 Å². The third-order valence-corrected chi connectivity index (χ3v) is 5.48. The van der Waals surface area contributed by atoms with Gasteiger partial charge in [0.25, 0.3) is 5.91 Å². The Kier molecular flexibility index (Phi) is 5.28. The van der Waals surface area contributed by atoms with Crippen molar-refractivity contribution in [3.05, 3.63) is 65.0 Å². The van der Waals surface area contributed by atoms with Crippen LogP contribution in [0.1, 0.15) is 6.42 Å². The minimum absolute atomic E-state index is 0.124. The smallest absolute Gasteiger partial charge is 0.273 e. The number of nitrogens with two attached hydrogens (primary N) is 1. The largest absolute Gasteiger partial charge is 0.368 e. The second-order valence-electron chi connectivity index (χ2n) is 6.32. The Morgan fingerprint density at radius 3 is 2.59 bits per heavy atom. The van der Waals surface area contributed by atoms with Crippen molar-refractivity contribution in [2.45, 2.75) is 12.5 Å². The predicted octanol–water partition coefficient (Wildman–Crippen LogP) is 3.52. The number of nitrogens with one attached hydrogen (secondary N) is 1. The molecule has 3 N–H and O–H groups in total. The maximum Gasteiger partial charge on any atom is 0.273 e. The van der Waals surface area contributed by atoms with E-state index in [-0.39, 0.29) is 12.1 Å². The number of nitrogens with zero attached hydrogens (tertiary/aromatic N) is 3. The summed E-state index contributed by atoms with van der Waals surface area (Å²) in [5.74, 6) is -0.967. The normalized spacial score (nSPS) is 15.8. The lowest BCUT2D eigenvalue weighted by molar-refractivity contribution is -0.119. The van der Waals surface area contributed by atoms with Gasteiger partial charge in [-0.2, -0.15) is 5.10 Å². The van der Waals surface area contributed by atoms with E-state index in [1.807, 2.05) is 41.8 Å². The fourth-order valence-electron chi connectivity index (χ4n) is 2.98. The van der Waals surface area contributed by atoms with Crippen molar-refractivity contribution in [3.63, 3.8) is 0 Å². The average Bonchev–Trinajstić information content (AvgIpc) is 3.36. The summed E-state index contributed by atoms with van der Waals surface area (Å²) in [6.45, 7) is 0. The monoisotopic (exact) mass is 425 g/mol. The standard InChI is InChI=1S/C20H16ClN5O2S/c21-14-9-5-4-8-13(14)16-11-29-20(23-16)24-19(28)15-10-17(18(22)27)26(25-15)12-6-2-1-3-7-12/h1-9,11,17H,10H2,(H2,22,27)(H,23,24,28). The SMILES string of the molecule is NC(=O)C1CC(C(=O)Nc2nc(-c3ccccc3Cl)cs2)=NN1c1ccccc1. The summed E-state index contributed by atoms with van der Waals surface area (Å²) >= 11 is 7.49. The Morgan fingerprint density at radius 2 is 1.86 bits per heavy atom. The van der Waals surface area contributed by atoms with Gasteiger partial charge in [0.2, 0.25) is 5.91 Å². The van der Waals surface area contributed by atoms with Crippen molar-refractivity contribution in [1.82, 2.24) is 4.98 Å². The molecule has 1 atom stereocenters. The first-order valence-corrected chi connectivity index (χ1v) is 10.0. The molecule has 1 aromatic heterocycles. The fraction of sp³-hybridized carbons (Fsp3) is 0.100. The third-order valence-electron chi connectivity index (χ3n) is 4.40. The Labute approximate surface area is 175 Å². The number of hydrazone groups is 1. The number of amides is 2. The Bertz CT molecular complexity index is 1100. The summed E-state index contributed by atoms with van der Waals surface area (Å²) in [6, 6.07) is 15.8. The summed E-state index contributed by atoms with van der Waals surface area (Å²) in [5.41, 5.74) is 7.87. The van der Waals surface area contributed by atoms with Gasteiger partial charge in [0.15, 0.2) is 5.13 Å². The molecular formula is C20H16ClN5O2S. The van der Waals surface area contributed by atoms with Crippen LogP contribution in [0.5, 0.6) is 0 Å². The third kappa shape index (κ3) is 3.98. The maximum absolute atomic E-state index is 12.7. The summed E-state index contributed by atoms with van der Waals surface area (Å²) in [4.78, 5) is 29.0. The highest BCUT2D eigenvalue weighted by molar-refractivity contribution is 7.14. The number of hydrogen-bond donors (Lipinski definition) is 2. The van der Waals surface area contributed by atoms with Crippen molar-refractivity contribution >= 4 is 51.3 Å². The van der Waals surface area contributed by atoms with Crippen molar-refractivity contribution < 1.29 is 9.59 Å². The number of anilines is 2. The van der Waals surface area contributed by atoms with E-state index >= 15 is 0 Å². The van der Waals surface area contributed by atoms with E-state index in [9.17, 15) is 9.59 Å². The van der Waals surface area contributed by atoms with Crippen LogP contribution in [0, 0.1) is 0 Å². The number of thiazole rings is 1. The van der Waals surface area contributed by atoms with Gasteiger partial charge in [-0.25, -0.2) is 4.98 Å². The number of primary amides is 1. The summed E-state index contributed by atoms with van der Waals surface area (Å²) in [7, 11) is 0. The van der Waals surface area contributed by atoms with E-state index in [2.05, 4.69) is 15.4 Å². The fourth-order valence-corrected chi connectivity index (χ4v) is 3.92. The molecule has 9 heteroatoms. The molecule has 7 nitrogen and oxygen atoms in total. The molecule has 1 unspecified atom stereocenters. The van der Waals surface area contributed by atoms with Crippen LogP contribution in [0.3, 0.4) is 0 Å². The lowest BCUT2D eigenvalue weighted by atomic mass is 10.1. The molecule has 4 rings (SSSR count). The van der Waals surface area contributed by atoms with Gasteiger partial charge >= 0.3 is 0 Å². The van der Waals surface area contributed by atoms with E-state index in [4.69, 9.17) is 17.3 Å². The zero-order chi connectivity index (χ0) is 20.4. The molecule has 1 aliphatic heterocycles. The molecule has 0 saturated carbocycles. The molecule has 1 aliphatic rings. The van der Waals surface area contributed by atoms with Crippen LogP contribution in [0.15, 0.2) is 65.1 Å². The minimum atomic E-state index is -0.715. The number of rotatable bonds is 5. The molecule has 146 valence electrons. The molecule has 29 heavy (non-hydrogen) atoms. The van der Waals surface area contributed by atoms with Crippen LogP contribution >= 0.6 is 22.9 Å². The van der Waals surface area contributed by atoms with Gasteiger partial charge in [0.05, 0.1) is 11.4 Å². The van der Waals surface area contributed by atoms with Crippen LogP contribution in [-0.4, -0.2) is 28.6 Å². The molecule has 0 bridgehead atoms. The number of halogens is 1. The van der Waals surface area contributed by atoms with E-state index in [1.54, 1.807) is 18.2 Å². The molecule has 0 fully saturated rings. The molecule has 2 heterocycles. The minimum Gasteiger partial charge on any atom is -0.368 e. The highest BCUT2D eigenvalue weighted by Gasteiger charge is 2.35. The van der Waals surface area contributed by atoms with Gasteiger partial charge in [-0.05, 0) is 18.2 Å². The van der Waals surface area contributed by atoms with Crippen LogP contribution in [0.2, 0.25) is 5.02 Å². The van der Waals surface area contributed by atoms with Gasteiger partial charge in [-0.3, -0.25) is 19.9 Å². The summed E-state index contributed by atoms with van der Waals surface area (Å²) in [5, 5.41) is 11.4. The molecule has 2 amide bonds. The van der Waals surface area contributed by atoms with Crippen molar-refractivity contribution in [2.24, 2.45) is 10.8 Å². The Balaban J connectivity index is 1.53. The maximum atomic E-state index is 12.7. The topological polar surface area (TPSA) is 101 Å². The first-order chi connectivity index (χ1) is 14.0. The number of aromatic nitrogens is 1. The number of carbonyl (C=O) groups excluding carboxylic acids is 2. The molecule has 0 saturated heterocycles. The molecule has 0 spiro atoms. The number of para-hydroxylation sites is 1. The van der Waals surface area contributed by atoms with Gasteiger partial charge < -0.3 is 5.73 Å². The van der Waals surface area contributed by atoms with E-state index in [0.29, 0.717) is 21.5 Å². The molecule has 3 aromatic rings. The van der Waals surface area contributed by atoms with E-state index < -0.39 is 17.9 Å². The van der Waals surface area contributed by atoms with E-state index in [0.717, 1.165) is 5.56 Å². The van der Waals surface area contributed by atoms with Crippen LogP contribution in [0.25, 0.3) is 11.3 Å². The summed E-state index contributed by atoms with van der Waals surface area (Å²) in [6.07, 6.45) is 0.124. The quantitative estimate of drug-likeness (QED) is 0.653. The van der Waals surface area contributed by atoms with Crippen LogP contribution in [0.4, 0.5) is 10.8 Å². The first kappa shape index (κ1) is 19.1. The van der Waals surface area contributed by atoms with Gasteiger partial charge in [0.1, 0.15) is 11.8 Å². The van der Waals surface area contributed by atoms with E-state index in [1.165, 1.54) is 16.3 Å². The molecule has 0 radical (unpaired) electrons. The van der Waals surface area contributed by atoms with Crippen molar-refractivity contribution in [1.29, 1.82) is 0 Å². The van der Waals surface area contributed by atoms with Crippen LogP contribution < -0.4 is 16.1 Å². The second kappa shape index (κ2) is 8.02. The molecule has 0 aliphatic carbocycles. The first-order valence-electron chi connectivity index (χ1n) is 8.76. The lowest BCUT2D eigenvalue weighted by Gasteiger charge is -2.20. The second-order valence-corrected chi connectivity index (χ2v) is 7.59. The molecule has 2 aromatic carbocycles. The van der Waals surface area contributed by atoms with Gasteiger partial charge in [0, 0.05) is 22.4 Å². The lowest BCUT2D eigenvalue weighted by Crippen LogP contribution is -2.39. The van der Waals surface area contributed by atoms with Gasteiger partial charge in [-0.15, -0.1) is 11.3 Å². The zero-order valence-corrected chi connectivity index (χ0v) is 16.7. The zero-order valence-electron chi connectivity index (χ0n) is 15.1.